The van der Waals surface area contributed by atoms with E-state index < -0.39 is 0 Å². The highest BCUT2D eigenvalue weighted by atomic mass is 32.2. The van der Waals surface area contributed by atoms with Crippen molar-refractivity contribution in [3.8, 4) is 17.0 Å². The van der Waals surface area contributed by atoms with Crippen LogP contribution in [-0.4, -0.2) is 43.6 Å². The average Bonchev–Trinajstić information content (AvgIpc) is 2.63. The van der Waals surface area contributed by atoms with Crippen LogP contribution in [0, 0.1) is 0 Å². The van der Waals surface area contributed by atoms with Crippen LogP contribution in [0.5, 0.6) is 5.75 Å². The van der Waals surface area contributed by atoms with E-state index in [2.05, 4.69) is 25.5 Å². The first-order valence-corrected chi connectivity index (χ1v) is 8.82. The van der Waals surface area contributed by atoms with Gasteiger partial charge in [-0.1, -0.05) is 11.8 Å². The molecule has 0 radical (unpaired) electrons. The molecule has 1 fully saturated rings. The summed E-state index contributed by atoms with van der Waals surface area (Å²) in [5.41, 5.74) is 1.20. The van der Waals surface area contributed by atoms with Crippen LogP contribution in [-0.2, 0) is 0 Å². The minimum Gasteiger partial charge on any atom is -0.507 e. The topological polar surface area (TPSA) is 83.8 Å². The van der Waals surface area contributed by atoms with Crippen LogP contribution < -0.4 is 5.32 Å². The molecule has 1 saturated heterocycles. The summed E-state index contributed by atoms with van der Waals surface area (Å²) in [7, 11) is 0. The number of nitrogens with zero attached hydrogens (tertiary/aromatic N) is 4. The molecule has 7 heteroatoms. The van der Waals surface area contributed by atoms with Gasteiger partial charge in [0.2, 0.25) is 5.16 Å². The highest BCUT2D eigenvalue weighted by Gasteiger charge is 2.16. The van der Waals surface area contributed by atoms with Gasteiger partial charge in [-0.2, -0.15) is 0 Å². The fourth-order valence-electron chi connectivity index (χ4n) is 2.83. The van der Waals surface area contributed by atoms with Crippen molar-refractivity contribution in [2.75, 3.05) is 13.1 Å². The van der Waals surface area contributed by atoms with Crippen LogP contribution in [0.2, 0.25) is 0 Å². The normalized spacial score (nSPS) is 15.7. The number of pyridine rings is 1. The Morgan fingerprint density at radius 1 is 1.08 bits per heavy atom. The van der Waals surface area contributed by atoms with Crippen LogP contribution in [0.15, 0.2) is 41.9 Å². The minimum absolute atomic E-state index is 0.158. The molecule has 0 saturated carbocycles. The maximum absolute atomic E-state index is 10.3. The van der Waals surface area contributed by atoms with Gasteiger partial charge in [-0.25, -0.2) is 4.98 Å². The maximum atomic E-state index is 10.3. The summed E-state index contributed by atoms with van der Waals surface area (Å²) in [6.45, 7) is 2.09. The predicted molar refractivity (Wildman–Crippen MR) is 94.0 cm³/mol. The van der Waals surface area contributed by atoms with E-state index in [4.69, 9.17) is 0 Å². The Hall–Kier alpha value is -2.25. The number of rotatable bonds is 3. The fourth-order valence-corrected chi connectivity index (χ4v) is 3.80. The lowest BCUT2D eigenvalue weighted by molar-refractivity contribution is 0.477. The van der Waals surface area contributed by atoms with Crippen LogP contribution in [0.3, 0.4) is 0 Å². The lowest BCUT2D eigenvalue weighted by Crippen LogP contribution is -2.29. The van der Waals surface area contributed by atoms with Gasteiger partial charge < -0.3 is 10.4 Å². The first-order valence-electron chi connectivity index (χ1n) is 7.94. The number of benzene rings is 1. The van der Waals surface area contributed by atoms with Gasteiger partial charge in [0.25, 0.3) is 0 Å². The molecule has 4 rings (SSSR count). The van der Waals surface area contributed by atoms with Gasteiger partial charge in [0.05, 0.1) is 6.20 Å². The smallest absolute Gasteiger partial charge is 0.209 e. The number of nitrogens with one attached hydrogen (secondary N) is 1. The van der Waals surface area contributed by atoms with Gasteiger partial charge in [-0.05, 0) is 49.5 Å². The number of piperidine rings is 1. The van der Waals surface area contributed by atoms with Crippen molar-refractivity contribution in [1.29, 1.82) is 0 Å². The van der Waals surface area contributed by atoms with E-state index in [9.17, 15) is 5.11 Å². The first kappa shape index (κ1) is 15.3. The molecule has 0 unspecified atom stereocenters. The van der Waals surface area contributed by atoms with E-state index in [0.29, 0.717) is 21.7 Å². The molecule has 122 valence electrons. The number of phenolic OH excluding ortho intramolecular Hbond substituents is 1. The highest BCUT2D eigenvalue weighted by molar-refractivity contribution is 7.99. The van der Waals surface area contributed by atoms with Crippen molar-refractivity contribution < 1.29 is 5.11 Å². The molecule has 0 spiro atoms. The molecule has 1 aliphatic heterocycles. The summed E-state index contributed by atoms with van der Waals surface area (Å²) in [5.74, 6) is 0.158. The van der Waals surface area contributed by atoms with Crippen LogP contribution in [0.25, 0.3) is 22.0 Å². The number of hydrogen-bond acceptors (Lipinski definition) is 7. The largest absolute Gasteiger partial charge is 0.507 e. The van der Waals surface area contributed by atoms with E-state index in [1.807, 2.05) is 12.1 Å². The van der Waals surface area contributed by atoms with E-state index in [1.54, 1.807) is 36.4 Å². The summed E-state index contributed by atoms with van der Waals surface area (Å²) < 4.78 is 0. The second-order valence-electron chi connectivity index (χ2n) is 5.79. The number of aromatic nitrogens is 4. The van der Waals surface area contributed by atoms with Gasteiger partial charge in [0, 0.05) is 28.6 Å². The summed E-state index contributed by atoms with van der Waals surface area (Å²) >= 11 is 1.68. The second kappa shape index (κ2) is 6.70. The van der Waals surface area contributed by atoms with E-state index >= 15 is 0 Å². The van der Waals surface area contributed by atoms with Gasteiger partial charge >= 0.3 is 0 Å². The summed E-state index contributed by atoms with van der Waals surface area (Å²) in [6.07, 6.45) is 7.37. The van der Waals surface area contributed by atoms with E-state index in [0.717, 1.165) is 36.7 Å². The number of phenols is 1. The SMILES string of the molecule is Oc1cc2cnccc2cc1-c1cnc(SC2CCNCC2)nn1. The zero-order chi connectivity index (χ0) is 16.4. The van der Waals surface area contributed by atoms with Crippen molar-refractivity contribution in [2.24, 2.45) is 0 Å². The Balaban J connectivity index is 1.59. The second-order valence-corrected chi connectivity index (χ2v) is 7.05. The molecule has 0 bridgehead atoms. The fraction of sp³-hybridized carbons (Fsp3) is 0.294. The third kappa shape index (κ3) is 3.18. The number of aromatic hydroxyl groups is 1. The third-order valence-corrected chi connectivity index (χ3v) is 5.33. The molecule has 6 nitrogen and oxygen atoms in total. The Bertz CT molecular complexity index is 849. The van der Waals surface area contributed by atoms with Crippen molar-refractivity contribution in [1.82, 2.24) is 25.5 Å². The summed E-state index contributed by atoms with van der Waals surface area (Å²) in [6, 6.07) is 5.48. The van der Waals surface area contributed by atoms with Crippen molar-refractivity contribution in [2.45, 2.75) is 23.2 Å². The highest BCUT2D eigenvalue weighted by Crippen LogP contribution is 2.32. The lowest BCUT2D eigenvalue weighted by Gasteiger charge is -2.20. The molecule has 3 aromatic rings. The van der Waals surface area contributed by atoms with Gasteiger partial charge in [-0.15, -0.1) is 10.2 Å². The molecule has 3 heterocycles. The minimum atomic E-state index is 0.158. The van der Waals surface area contributed by atoms with Crippen molar-refractivity contribution >= 4 is 22.5 Å². The Morgan fingerprint density at radius 2 is 1.96 bits per heavy atom. The molecule has 0 amide bonds. The Kier molecular flexibility index (Phi) is 4.27. The van der Waals surface area contributed by atoms with Crippen molar-refractivity contribution in [3.05, 3.63) is 36.8 Å². The molecular weight excluding hydrogens is 322 g/mol. The molecule has 2 N–H and O–H groups in total. The van der Waals surface area contributed by atoms with E-state index in [1.165, 1.54) is 0 Å². The number of hydrogen-bond donors (Lipinski definition) is 2. The van der Waals surface area contributed by atoms with Gasteiger partial charge in [0.15, 0.2) is 0 Å². The molecule has 1 aromatic carbocycles. The van der Waals surface area contributed by atoms with Crippen LogP contribution >= 0.6 is 11.8 Å². The zero-order valence-electron chi connectivity index (χ0n) is 13.0. The monoisotopic (exact) mass is 339 g/mol. The predicted octanol–water partition coefficient (Wildman–Crippen LogP) is 2.64. The molecular formula is C17H17N5OS. The third-order valence-electron chi connectivity index (χ3n) is 4.13. The zero-order valence-corrected chi connectivity index (χ0v) is 13.8. The molecule has 24 heavy (non-hydrogen) atoms. The number of thioether (sulfide) groups is 1. The number of fused-ring (bicyclic) bond motifs is 1. The van der Waals surface area contributed by atoms with Crippen molar-refractivity contribution in [3.63, 3.8) is 0 Å². The summed E-state index contributed by atoms with van der Waals surface area (Å²) in [5, 5.41) is 25.2. The van der Waals surface area contributed by atoms with Crippen LogP contribution in [0.4, 0.5) is 0 Å². The van der Waals surface area contributed by atoms with E-state index in [-0.39, 0.29) is 5.75 Å². The molecule has 2 aromatic heterocycles. The molecule has 1 aliphatic rings. The lowest BCUT2D eigenvalue weighted by atomic mass is 10.1. The van der Waals surface area contributed by atoms with Gasteiger partial charge in [0.1, 0.15) is 11.4 Å². The summed E-state index contributed by atoms with van der Waals surface area (Å²) in [4.78, 5) is 8.48. The molecule has 0 aliphatic carbocycles. The maximum Gasteiger partial charge on any atom is 0.209 e. The first-order chi connectivity index (χ1) is 11.8. The standard InChI is InChI=1S/C17H17N5OS/c23-16-8-12-9-19-4-1-11(12)7-14(16)15-10-20-17(22-21-15)24-13-2-5-18-6-3-13/h1,4,7-10,13,18,23H,2-3,5-6H2. The van der Waals surface area contributed by atoms with Crippen LogP contribution in [0.1, 0.15) is 12.8 Å². The molecule has 0 atom stereocenters. The quantitative estimate of drug-likeness (QED) is 0.759. The Labute approximate surface area is 143 Å². The Morgan fingerprint density at radius 3 is 2.75 bits per heavy atom. The van der Waals surface area contributed by atoms with Gasteiger partial charge in [-0.3, -0.25) is 4.98 Å². The average molecular weight is 339 g/mol.